The van der Waals surface area contributed by atoms with Crippen molar-refractivity contribution in [1.82, 2.24) is 10.2 Å². The largest absolute Gasteiger partial charge is 0.457 e. The van der Waals surface area contributed by atoms with Crippen LogP contribution in [0.4, 0.5) is 10.5 Å². The van der Waals surface area contributed by atoms with Crippen molar-refractivity contribution in [3.05, 3.63) is 54.6 Å². The summed E-state index contributed by atoms with van der Waals surface area (Å²) in [5.74, 6) is 0.759. The molecule has 1 saturated heterocycles. The highest BCUT2D eigenvalue weighted by molar-refractivity contribution is 6.11. The van der Waals surface area contributed by atoms with Crippen LogP contribution in [0.15, 0.2) is 54.6 Å². The van der Waals surface area contributed by atoms with E-state index in [0.29, 0.717) is 24.3 Å². The summed E-state index contributed by atoms with van der Waals surface area (Å²) in [6.07, 6.45) is 3.07. The van der Waals surface area contributed by atoms with Gasteiger partial charge in [-0.1, -0.05) is 31.0 Å². The molecule has 0 radical (unpaired) electrons. The summed E-state index contributed by atoms with van der Waals surface area (Å²) in [5.41, 5.74) is -0.171. The topological polar surface area (TPSA) is 79.0 Å². The number of urea groups is 1. The zero-order chi connectivity index (χ0) is 21.3. The number of hydrogen-bond acceptors (Lipinski definition) is 4. The lowest BCUT2D eigenvalue weighted by atomic mass is 9.97. The fourth-order valence-corrected chi connectivity index (χ4v) is 4.19. The lowest BCUT2D eigenvalue weighted by molar-refractivity contribution is -0.136. The van der Waals surface area contributed by atoms with E-state index in [1.54, 1.807) is 38.2 Å². The fourth-order valence-electron chi connectivity index (χ4n) is 4.19. The average Bonchev–Trinajstić information content (AvgIpc) is 3.32. The average molecular weight is 407 g/mol. The van der Waals surface area contributed by atoms with E-state index in [-0.39, 0.29) is 11.8 Å². The van der Waals surface area contributed by atoms with Gasteiger partial charge in [0, 0.05) is 12.7 Å². The number of ether oxygens (including phenoxy) is 1. The van der Waals surface area contributed by atoms with Gasteiger partial charge in [-0.3, -0.25) is 9.59 Å². The van der Waals surface area contributed by atoms with Crippen LogP contribution in [0, 0.1) is 0 Å². The molecule has 1 atom stereocenters. The molecule has 2 aliphatic rings. The number of amides is 4. The molecule has 1 aliphatic heterocycles. The molecule has 156 valence electrons. The van der Waals surface area contributed by atoms with Crippen LogP contribution in [0.3, 0.4) is 0 Å². The number of para-hydroxylation sites is 1. The maximum absolute atomic E-state index is 13.0. The Morgan fingerprint density at radius 3 is 2.27 bits per heavy atom. The van der Waals surface area contributed by atoms with E-state index in [1.807, 2.05) is 30.3 Å². The number of nitrogens with one attached hydrogen (secondary N) is 1. The van der Waals surface area contributed by atoms with Gasteiger partial charge in [0.05, 0.1) is 0 Å². The third-order valence-electron chi connectivity index (χ3n) is 5.93. The number of carbonyl (C=O) groups is 3. The normalized spacial score (nSPS) is 18.4. The molecule has 2 aromatic carbocycles. The van der Waals surface area contributed by atoms with E-state index in [0.717, 1.165) is 23.5 Å². The summed E-state index contributed by atoms with van der Waals surface area (Å²) >= 11 is 0. The maximum Gasteiger partial charge on any atom is 0.325 e. The van der Waals surface area contributed by atoms with Crippen LogP contribution >= 0.6 is 0 Å². The number of anilines is 1. The van der Waals surface area contributed by atoms with Crippen molar-refractivity contribution >= 4 is 23.5 Å². The van der Waals surface area contributed by atoms with E-state index < -0.39 is 17.6 Å². The summed E-state index contributed by atoms with van der Waals surface area (Å²) in [5, 5.41) is 2.82. The second-order valence-corrected chi connectivity index (χ2v) is 7.88. The van der Waals surface area contributed by atoms with Gasteiger partial charge in [-0.15, -0.1) is 0 Å². The fraction of sp³-hybridized carbons (Fsp3) is 0.348. The van der Waals surface area contributed by atoms with Crippen LogP contribution in [0.5, 0.6) is 11.5 Å². The molecule has 2 fully saturated rings. The molecule has 4 amide bonds. The second-order valence-electron chi connectivity index (χ2n) is 7.88. The first-order chi connectivity index (χ1) is 14.4. The predicted octanol–water partition coefficient (Wildman–Crippen LogP) is 3.69. The molecule has 1 saturated carbocycles. The molecule has 1 spiro atoms. The van der Waals surface area contributed by atoms with E-state index in [9.17, 15) is 14.4 Å². The Morgan fingerprint density at radius 1 is 1.03 bits per heavy atom. The molecule has 0 bridgehead atoms. The van der Waals surface area contributed by atoms with E-state index in [2.05, 4.69) is 5.32 Å². The molecule has 1 aliphatic carbocycles. The van der Waals surface area contributed by atoms with Crippen LogP contribution in [0.2, 0.25) is 0 Å². The summed E-state index contributed by atoms with van der Waals surface area (Å²) < 4.78 is 5.77. The highest BCUT2D eigenvalue weighted by Crippen LogP contribution is 2.36. The van der Waals surface area contributed by atoms with Crippen molar-refractivity contribution in [2.75, 3.05) is 11.9 Å². The molecular formula is C23H25N3O4. The van der Waals surface area contributed by atoms with Gasteiger partial charge in [0.1, 0.15) is 23.1 Å². The molecular weight excluding hydrogens is 382 g/mol. The molecule has 1 unspecified atom stereocenters. The molecule has 7 heteroatoms. The Hall–Kier alpha value is -3.35. The Labute approximate surface area is 175 Å². The number of nitrogens with zero attached hydrogens (tertiary/aromatic N) is 2. The number of rotatable bonds is 5. The van der Waals surface area contributed by atoms with Crippen LogP contribution in [-0.2, 0) is 9.59 Å². The number of imide groups is 1. The monoisotopic (exact) mass is 407 g/mol. The zero-order valence-corrected chi connectivity index (χ0v) is 17.1. The van der Waals surface area contributed by atoms with Gasteiger partial charge in [-0.2, -0.15) is 0 Å². The van der Waals surface area contributed by atoms with Crippen molar-refractivity contribution in [3.63, 3.8) is 0 Å². The quantitative estimate of drug-likeness (QED) is 0.767. The molecule has 2 aromatic rings. The summed E-state index contributed by atoms with van der Waals surface area (Å²) in [7, 11) is 1.63. The minimum absolute atomic E-state index is 0.286. The van der Waals surface area contributed by atoms with Crippen LogP contribution in [0.1, 0.15) is 32.6 Å². The molecule has 0 aromatic heterocycles. The van der Waals surface area contributed by atoms with Crippen LogP contribution in [0.25, 0.3) is 0 Å². The van der Waals surface area contributed by atoms with Crippen molar-refractivity contribution in [2.45, 2.75) is 44.2 Å². The molecule has 7 nitrogen and oxygen atoms in total. The third kappa shape index (κ3) is 3.51. The summed E-state index contributed by atoms with van der Waals surface area (Å²) in [4.78, 5) is 41.0. The summed E-state index contributed by atoms with van der Waals surface area (Å²) in [6, 6.07) is 15.1. The third-order valence-corrected chi connectivity index (χ3v) is 5.93. The van der Waals surface area contributed by atoms with Crippen molar-refractivity contribution in [3.8, 4) is 11.5 Å². The smallest absolute Gasteiger partial charge is 0.325 e. The van der Waals surface area contributed by atoms with Gasteiger partial charge in [0.15, 0.2) is 0 Å². The maximum atomic E-state index is 13.0. The highest BCUT2D eigenvalue weighted by Gasteiger charge is 2.54. The first kappa shape index (κ1) is 19.9. The first-order valence-corrected chi connectivity index (χ1v) is 10.2. The summed E-state index contributed by atoms with van der Waals surface area (Å²) in [6.45, 7) is 1.59. The number of hydrogen-bond donors (Lipinski definition) is 1. The van der Waals surface area contributed by atoms with Gasteiger partial charge < -0.3 is 15.0 Å². The van der Waals surface area contributed by atoms with E-state index in [1.165, 1.54) is 4.90 Å². The van der Waals surface area contributed by atoms with E-state index in [4.69, 9.17) is 4.74 Å². The lowest BCUT2D eigenvalue weighted by Gasteiger charge is -2.27. The minimum Gasteiger partial charge on any atom is -0.457 e. The zero-order valence-electron chi connectivity index (χ0n) is 17.1. The predicted molar refractivity (Wildman–Crippen MR) is 112 cm³/mol. The SMILES string of the molecule is CC(C(=O)N(C)c1ccc(Oc2ccccc2)cc1)N1C(=O)NC2(CCCC2)C1=O. The van der Waals surface area contributed by atoms with E-state index >= 15 is 0 Å². The van der Waals surface area contributed by atoms with Crippen molar-refractivity contribution in [1.29, 1.82) is 0 Å². The molecule has 30 heavy (non-hydrogen) atoms. The Kier molecular flexibility index (Phi) is 5.20. The number of benzene rings is 2. The lowest BCUT2D eigenvalue weighted by Crippen LogP contribution is -2.50. The standard InChI is InChI=1S/C23H25N3O4/c1-16(26-21(28)23(24-22(26)29)14-6-7-15-23)20(27)25(2)17-10-12-19(13-11-17)30-18-8-4-3-5-9-18/h3-5,8-13,16H,6-7,14-15H2,1-2H3,(H,24,29). The van der Waals surface area contributed by atoms with Gasteiger partial charge in [-0.25, -0.2) is 9.69 Å². The van der Waals surface area contributed by atoms with Gasteiger partial charge in [0.25, 0.3) is 5.91 Å². The Morgan fingerprint density at radius 2 is 1.63 bits per heavy atom. The van der Waals surface area contributed by atoms with Gasteiger partial charge >= 0.3 is 6.03 Å². The minimum atomic E-state index is -0.886. The van der Waals surface area contributed by atoms with Crippen molar-refractivity contribution < 1.29 is 19.1 Å². The molecule has 4 rings (SSSR count). The van der Waals surface area contributed by atoms with Crippen LogP contribution in [-0.4, -0.2) is 41.4 Å². The number of likely N-dealkylation sites (N-methyl/N-ethyl adjacent to an activating group) is 1. The molecule has 1 heterocycles. The second kappa shape index (κ2) is 7.82. The Balaban J connectivity index is 1.45. The van der Waals surface area contributed by atoms with Gasteiger partial charge in [0.2, 0.25) is 5.91 Å². The Bertz CT molecular complexity index is 952. The van der Waals surface area contributed by atoms with Crippen LogP contribution < -0.4 is 15.0 Å². The van der Waals surface area contributed by atoms with Gasteiger partial charge in [-0.05, 0) is 56.2 Å². The van der Waals surface area contributed by atoms with Crippen molar-refractivity contribution in [2.24, 2.45) is 0 Å². The molecule has 1 N–H and O–H groups in total. The number of carbonyl (C=O) groups excluding carboxylic acids is 3. The first-order valence-electron chi connectivity index (χ1n) is 10.2. The highest BCUT2D eigenvalue weighted by atomic mass is 16.5.